The van der Waals surface area contributed by atoms with Crippen LogP contribution in [0.1, 0.15) is 66.6 Å². The van der Waals surface area contributed by atoms with Gasteiger partial charge < -0.3 is 20.5 Å². The summed E-state index contributed by atoms with van der Waals surface area (Å²) in [6.45, 7) is 12.9. The van der Waals surface area contributed by atoms with Gasteiger partial charge in [-0.2, -0.15) is 0 Å². The lowest BCUT2D eigenvalue weighted by Gasteiger charge is -2.29. The van der Waals surface area contributed by atoms with Crippen molar-refractivity contribution in [2.24, 2.45) is 11.8 Å². The van der Waals surface area contributed by atoms with Crippen molar-refractivity contribution in [1.82, 2.24) is 10.6 Å². The van der Waals surface area contributed by atoms with E-state index in [4.69, 9.17) is 4.74 Å². The monoisotopic (exact) mass is 444 g/mol. The zero-order valence-corrected chi connectivity index (χ0v) is 20.1. The van der Waals surface area contributed by atoms with Crippen molar-refractivity contribution >= 4 is 12.0 Å². The Balaban J connectivity index is 2.16. The van der Waals surface area contributed by atoms with Gasteiger partial charge in [0, 0.05) is 11.1 Å². The molecule has 0 aromatic heterocycles. The van der Waals surface area contributed by atoms with E-state index in [0.717, 1.165) is 5.56 Å². The third-order valence-corrected chi connectivity index (χ3v) is 5.12. The zero-order chi connectivity index (χ0) is 24.2. The van der Waals surface area contributed by atoms with Gasteiger partial charge in [0.25, 0.3) is 0 Å². The van der Waals surface area contributed by atoms with Gasteiger partial charge in [0.15, 0.2) is 5.43 Å². The fourth-order valence-electron chi connectivity index (χ4n) is 3.56. The minimum absolute atomic E-state index is 0.139. The highest BCUT2D eigenvalue weighted by Crippen LogP contribution is 2.33. The lowest BCUT2D eigenvalue weighted by atomic mass is 9.95. The number of alkyl carbamates (subject to hydrolysis) is 1. The summed E-state index contributed by atoms with van der Waals surface area (Å²) in [6.07, 6.45) is -1.41. The highest BCUT2D eigenvalue weighted by atomic mass is 16.6. The van der Waals surface area contributed by atoms with Crippen LogP contribution in [0.2, 0.25) is 0 Å². The highest BCUT2D eigenvalue weighted by Gasteiger charge is 2.37. The van der Waals surface area contributed by atoms with E-state index in [9.17, 15) is 19.5 Å². The number of ether oxygens (including phenoxy) is 1. The third-order valence-electron chi connectivity index (χ3n) is 5.12. The number of aliphatic hydroxyl groups is 1. The summed E-state index contributed by atoms with van der Waals surface area (Å²) in [6, 6.07) is 7.65. The Kier molecular flexibility index (Phi) is 8.24. The van der Waals surface area contributed by atoms with Gasteiger partial charge in [-0.15, -0.1) is 0 Å². The fourth-order valence-corrected chi connectivity index (χ4v) is 3.56. The molecule has 0 unspecified atom stereocenters. The number of aliphatic hydroxyl groups excluding tert-OH is 1. The van der Waals surface area contributed by atoms with E-state index in [1.807, 2.05) is 58.0 Å². The lowest BCUT2D eigenvalue weighted by molar-refractivity contribution is -0.125. The molecule has 32 heavy (non-hydrogen) atoms. The number of amides is 2. The average Bonchev–Trinajstić information content (AvgIpc) is 3.34. The molecule has 2 rings (SSSR count). The Morgan fingerprint density at radius 2 is 1.62 bits per heavy atom. The van der Waals surface area contributed by atoms with Crippen LogP contribution < -0.4 is 16.1 Å². The molecule has 2 aromatic rings. The summed E-state index contributed by atoms with van der Waals surface area (Å²) >= 11 is 0. The largest absolute Gasteiger partial charge is 0.444 e. The molecular weight excluding hydrogens is 408 g/mol. The maximum absolute atomic E-state index is 13.1. The predicted molar refractivity (Wildman–Crippen MR) is 125 cm³/mol. The van der Waals surface area contributed by atoms with Gasteiger partial charge in [0.05, 0.1) is 6.04 Å². The molecular formula is C25H36N2O5. The van der Waals surface area contributed by atoms with E-state index in [2.05, 4.69) is 10.6 Å². The van der Waals surface area contributed by atoms with Crippen LogP contribution in [0, 0.1) is 11.8 Å². The Bertz CT molecular complexity index is 920. The molecule has 2 amide bonds. The molecule has 7 heteroatoms. The van der Waals surface area contributed by atoms with Crippen LogP contribution in [0.3, 0.4) is 0 Å². The van der Waals surface area contributed by atoms with Gasteiger partial charge in [-0.1, -0.05) is 58.0 Å². The van der Waals surface area contributed by atoms with E-state index in [1.165, 1.54) is 0 Å². The normalized spacial score (nSPS) is 14.9. The number of carbonyl (C=O) groups excluding carboxylic acids is 2. The van der Waals surface area contributed by atoms with E-state index < -0.39 is 35.8 Å². The Hall–Kier alpha value is -2.67. The molecule has 3 atom stereocenters. The van der Waals surface area contributed by atoms with Crippen LogP contribution >= 0.6 is 0 Å². The number of benzene rings is 1. The van der Waals surface area contributed by atoms with Crippen molar-refractivity contribution < 1.29 is 19.4 Å². The molecule has 0 bridgehead atoms. The van der Waals surface area contributed by atoms with Crippen molar-refractivity contribution in [2.45, 2.75) is 78.7 Å². The summed E-state index contributed by atoms with van der Waals surface area (Å²) in [5.74, 6) is -0.425. The molecule has 0 aliphatic carbocycles. The Morgan fingerprint density at radius 1 is 1.03 bits per heavy atom. The molecule has 0 spiro atoms. The topological polar surface area (TPSA) is 105 Å². The highest BCUT2D eigenvalue weighted by molar-refractivity contribution is 5.86. The van der Waals surface area contributed by atoms with Crippen molar-refractivity contribution in [3.05, 3.63) is 46.1 Å². The molecule has 0 aliphatic heterocycles. The van der Waals surface area contributed by atoms with E-state index in [-0.39, 0.29) is 17.3 Å². The molecule has 176 valence electrons. The summed E-state index contributed by atoms with van der Waals surface area (Å²) in [4.78, 5) is 37.7. The number of carbonyl (C=O) groups is 2. The SMILES string of the molecule is CC(C)C[C@H](NC(=O)OC(C)(C)C)C(=O)N[C@@H](C(C)C)[C@@H](O)c1c(-c2ccccc2)c1=O. The first kappa shape index (κ1) is 25.6. The van der Waals surface area contributed by atoms with Crippen molar-refractivity contribution in [1.29, 1.82) is 0 Å². The minimum Gasteiger partial charge on any atom is -0.444 e. The molecule has 0 saturated carbocycles. The van der Waals surface area contributed by atoms with Crippen LogP contribution in [0.5, 0.6) is 0 Å². The van der Waals surface area contributed by atoms with Crippen molar-refractivity contribution in [3.8, 4) is 11.1 Å². The lowest BCUT2D eigenvalue weighted by Crippen LogP contribution is -2.53. The molecule has 0 fully saturated rings. The van der Waals surface area contributed by atoms with Gasteiger partial charge >= 0.3 is 6.09 Å². The first-order valence-corrected chi connectivity index (χ1v) is 11.1. The number of rotatable bonds is 9. The second kappa shape index (κ2) is 10.3. The first-order chi connectivity index (χ1) is 14.8. The molecule has 0 heterocycles. The maximum Gasteiger partial charge on any atom is 0.408 e. The third kappa shape index (κ3) is 6.92. The van der Waals surface area contributed by atoms with Crippen LogP contribution in [-0.2, 0) is 9.53 Å². The van der Waals surface area contributed by atoms with E-state index in [1.54, 1.807) is 20.8 Å². The van der Waals surface area contributed by atoms with E-state index in [0.29, 0.717) is 17.5 Å². The first-order valence-electron chi connectivity index (χ1n) is 11.1. The van der Waals surface area contributed by atoms with Crippen molar-refractivity contribution in [2.75, 3.05) is 0 Å². The molecule has 0 aliphatic rings. The molecule has 2 aromatic carbocycles. The maximum atomic E-state index is 13.1. The molecule has 3 N–H and O–H groups in total. The quantitative estimate of drug-likeness (QED) is 0.547. The van der Waals surface area contributed by atoms with Crippen LogP contribution in [0.4, 0.5) is 4.79 Å². The number of hydrogen-bond donors (Lipinski definition) is 3. The van der Waals surface area contributed by atoms with Crippen LogP contribution in [0.15, 0.2) is 35.1 Å². The molecule has 7 nitrogen and oxygen atoms in total. The zero-order valence-electron chi connectivity index (χ0n) is 20.1. The van der Waals surface area contributed by atoms with Gasteiger partial charge in [0.2, 0.25) is 5.91 Å². The summed E-state index contributed by atoms with van der Waals surface area (Å²) in [7, 11) is 0. The van der Waals surface area contributed by atoms with Crippen LogP contribution in [0.25, 0.3) is 11.1 Å². The average molecular weight is 445 g/mol. The minimum atomic E-state index is -1.14. The molecule has 0 saturated heterocycles. The summed E-state index contributed by atoms with van der Waals surface area (Å²) < 4.78 is 5.29. The summed E-state index contributed by atoms with van der Waals surface area (Å²) in [5.41, 5.74) is 0.713. The Labute approximate surface area is 190 Å². The standard InChI is InChI=1S/C25H36N2O5/c1-14(2)13-17(26-24(31)32-25(5,6)7)23(30)27-20(15(3)4)22(29)19-18(21(19)28)16-11-9-8-10-12-16/h8-12,14-15,17,20,22,29H,13H2,1-7H3,(H,26,31)(H,27,30)/t17-,20-,22-/m0/s1. The summed E-state index contributed by atoms with van der Waals surface area (Å²) in [5, 5.41) is 16.5. The Morgan fingerprint density at radius 3 is 2.12 bits per heavy atom. The van der Waals surface area contributed by atoms with Crippen LogP contribution in [-0.4, -0.2) is 34.8 Å². The second-order valence-electron chi connectivity index (χ2n) is 10.0. The predicted octanol–water partition coefficient (Wildman–Crippen LogP) is 3.70. The number of nitrogens with one attached hydrogen (secondary N) is 2. The van der Waals surface area contributed by atoms with E-state index >= 15 is 0 Å². The van der Waals surface area contributed by atoms with Gasteiger partial charge in [0.1, 0.15) is 17.7 Å². The fraction of sp³-hybridized carbons (Fsp3) is 0.560. The smallest absolute Gasteiger partial charge is 0.408 e. The molecule has 0 radical (unpaired) electrons. The van der Waals surface area contributed by atoms with Gasteiger partial charge in [-0.05, 0) is 44.6 Å². The van der Waals surface area contributed by atoms with Crippen molar-refractivity contribution in [3.63, 3.8) is 0 Å². The number of hydrogen-bond acceptors (Lipinski definition) is 5. The second-order valence-corrected chi connectivity index (χ2v) is 10.0. The van der Waals surface area contributed by atoms with Gasteiger partial charge in [-0.3, -0.25) is 9.59 Å². The van der Waals surface area contributed by atoms with Gasteiger partial charge in [-0.25, -0.2) is 4.79 Å².